The van der Waals surface area contributed by atoms with Gasteiger partial charge in [0, 0.05) is 10.7 Å². The van der Waals surface area contributed by atoms with Crippen LogP contribution in [-0.2, 0) is 0 Å². The Kier molecular flexibility index (Phi) is 9.18. The van der Waals surface area contributed by atoms with Gasteiger partial charge in [0.2, 0.25) is 0 Å². The monoisotopic (exact) mass is 285 g/mol. The van der Waals surface area contributed by atoms with E-state index in [1.54, 1.807) is 45.9 Å². The fraction of sp³-hybridized carbons (Fsp3) is 0.571. The van der Waals surface area contributed by atoms with Crippen LogP contribution in [0.15, 0.2) is 18.2 Å². The van der Waals surface area contributed by atoms with Gasteiger partial charge in [0.1, 0.15) is 7.85 Å². The fourth-order valence-corrected chi connectivity index (χ4v) is 0.732. The molecule has 0 amide bonds. The number of halogens is 1. The number of anilines is 1. The van der Waals surface area contributed by atoms with Crippen molar-refractivity contribution in [3.8, 4) is 0 Å². The van der Waals surface area contributed by atoms with Crippen LogP contribution in [0.4, 0.5) is 5.69 Å². The molecule has 4 N–H and O–H groups in total. The zero-order valence-corrected chi connectivity index (χ0v) is 13.4. The molecule has 1 aromatic carbocycles. The Bertz CT molecular complexity index is 359. The summed E-state index contributed by atoms with van der Waals surface area (Å²) in [6.45, 7) is 10.3. The number of hydrogen-bond donors (Lipinski definition) is 3. The molecule has 0 atom stereocenters. The van der Waals surface area contributed by atoms with E-state index in [4.69, 9.17) is 35.4 Å². The summed E-state index contributed by atoms with van der Waals surface area (Å²) in [5.41, 5.74) is 4.57. The fourth-order valence-electron chi connectivity index (χ4n) is 0.543. The summed E-state index contributed by atoms with van der Waals surface area (Å²) in [4.78, 5) is 0. The van der Waals surface area contributed by atoms with Crippen LogP contribution in [0.3, 0.4) is 0 Å². The normalized spacial score (nSPS) is 10.8. The van der Waals surface area contributed by atoms with E-state index in [0.717, 1.165) is 0 Å². The first-order chi connectivity index (χ1) is 8.45. The molecule has 0 fully saturated rings. The van der Waals surface area contributed by atoms with Crippen molar-refractivity contribution in [3.05, 3.63) is 23.2 Å². The van der Waals surface area contributed by atoms with Gasteiger partial charge in [-0.2, -0.15) is 0 Å². The van der Waals surface area contributed by atoms with Gasteiger partial charge in [-0.25, -0.2) is 0 Å². The smallest absolute Gasteiger partial charge is 0.115 e. The minimum atomic E-state index is -1.01. The zero-order chi connectivity index (χ0) is 15.9. The molecule has 0 aliphatic carbocycles. The molecule has 2 radical (unpaired) electrons. The van der Waals surface area contributed by atoms with Gasteiger partial charge >= 0.3 is 0 Å². The first kappa shape index (κ1) is 20.6. The van der Waals surface area contributed by atoms with E-state index in [1.165, 1.54) is 0 Å². The third kappa shape index (κ3) is 8.92. The van der Waals surface area contributed by atoms with Crippen LogP contribution >= 0.6 is 11.6 Å². The summed E-state index contributed by atoms with van der Waals surface area (Å²) >= 11 is 5.61. The van der Waals surface area contributed by atoms with Gasteiger partial charge in [0.05, 0.1) is 11.2 Å². The summed E-state index contributed by atoms with van der Waals surface area (Å²) in [5, 5.41) is 18.7. The lowest BCUT2D eigenvalue weighted by Crippen LogP contribution is -2.44. The Morgan fingerprint density at radius 1 is 1.05 bits per heavy atom. The maximum atomic E-state index is 9.10. The average Bonchev–Trinajstić information content (AvgIpc) is 2.25. The minimum Gasteiger partial charge on any atom is -0.399 e. The van der Waals surface area contributed by atoms with E-state index in [1.807, 2.05) is 13.8 Å². The van der Waals surface area contributed by atoms with Crippen molar-refractivity contribution < 1.29 is 10.2 Å². The van der Waals surface area contributed by atoms with Crippen molar-refractivity contribution in [2.24, 2.45) is 0 Å². The molecule has 0 spiro atoms. The third-order valence-electron chi connectivity index (χ3n) is 2.52. The maximum absolute atomic E-state index is 9.10. The van der Waals surface area contributed by atoms with Crippen LogP contribution in [-0.4, -0.2) is 29.3 Å². The second-order valence-corrected chi connectivity index (χ2v) is 5.31. The van der Waals surface area contributed by atoms with Crippen LogP contribution in [0, 0.1) is 0 Å². The Balaban J connectivity index is 0. The first-order valence-electron chi connectivity index (χ1n) is 6.20. The van der Waals surface area contributed by atoms with Crippen LogP contribution in [0.25, 0.3) is 0 Å². The van der Waals surface area contributed by atoms with Crippen LogP contribution in [0.1, 0.15) is 41.5 Å². The Morgan fingerprint density at radius 2 is 1.42 bits per heavy atom. The number of aliphatic hydroxyl groups is 2. The lowest BCUT2D eigenvalue weighted by Gasteiger charge is -2.31. The number of hydrogen-bond acceptors (Lipinski definition) is 3. The van der Waals surface area contributed by atoms with Crippen LogP contribution in [0.5, 0.6) is 0 Å². The third-order valence-corrected chi connectivity index (χ3v) is 2.85. The summed E-state index contributed by atoms with van der Waals surface area (Å²) in [5.74, 6) is 0. The van der Waals surface area contributed by atoms with Crippen molar-refractivity contribution in [3.63, 3.8) is 0 Å². The number of nitrogens with two attached hydrogens (primary N) is 1. The van der Waals surface area contributed by atoms with Gasteiger partial charge in [-0.05, 0) is 39.8 Å². The summed E-state index contributed by atoms with van der Waals surface area (Å²) in [6.07, 6.45) is 0. The average molecular weight is 286 g/mol. The maximum Gasteiger partial charge on any atom is 0.115 e. The second-order valence-electron chi connectivity index (χ2n) is 4.90. The molecule has 19 heavy (non-hydrogen) atoms. The van der Waals surface area contributed by atoms with Gasteiger partial charge < -0.3 is 15.9 Å². The van der Waals surface area contributed by atoms with Gasteiger partial charge in [-0.1, -0.05) is 37.0 Å². The van der Waals surface area contributed by atoms with Gasteiger partial charge in [0.15, 0.2) is 0 Å². The summed E-state index contributed by atoms with van der Waals surface area (Å²) in [6, 6.07) is 5.01. The number of nitrogen functional groups attached to an aromatic ring is 1. The van der Waals surface area contributed by atoms with Gasteiger partial charge in [-0.15, -0.1) is 0 Å². The van der Waals surface area contributed by atoms with E-state index in [2.05, 4.69) is 0 Å². The topological polar surface area (TPSA) is 66.5 Å². The predicted octanol–water partition coefficient (Wildman–Crippen LogP) is 2.27. The standard InChI is InChI=1S/C6H5BClN.C6H14O2.C2H6/c7-5-2-1-4(9)3-6(5)8;1-5(2,7)6(3,4)8;1-2/h1-3H,9H2;7-8H,1-4H3;1-2H3. The molecule has 0 saturated heterocycles. The van der Waals surface area contributed by atoms with E-state index in [0.29, 0.717) is 16.2 Å². The van der Waals surface area contributed by atoms with E-state index in [-0.39, 0.29) is 0 Å². The lowest BCUT2D eigenvalue weighted by molar-refractivity contribution is -0.107. The van der Waals surface area contributed by atoms with Crippen molar-refractivity contribution >= 4 is 30.6 Å². The quantitative estimate of drug-likeness (QED) is 0.548. The molecule has 0 heterocycles. The molecule has 0 unspecified atom stereocenters. The van der Waals surface area contributed by atoms with E-state index in [9.17, 15) is 0 Å². The van der Waals surface area contributed by atoms with Gasteiger partial charge in [-0.3, -0.25) is 0 Å². The zero-order valence-electron chi connectivity index (χ0n) is 12.7. The van der Waals surface area contributed by atoms with Crippen molar-refractivity contribution in [2.75, 3.05) is 5.73 Å². The van der Waals surface area contributed by atoms with Crippen LogP contribution in [0.2, 0.25) is 5.02 Å². The first-order valence-corrected chi connectivity index (χ1v) is 6.58. The van der Waals surface area contributed by atoms with Crippen molar-refractivity contribution in [1.29, 1.82) is 0 Å². The molecular weight excluding hydrogens is 260 g/mol. The Hall–Kier alpha value is -0.705. The Labute approximate surface area is 123 Å². The van der Waals surface area contributed by atoms with Gasteiger partial charge in [0.25, 0.3) is 0 Å². The highest BCUT2D eigenvalue weighted by molar-refractivity contribution is 6.45. The van der Waals surface area contributed by atoms with E-state index < -0.39 is 11.2 Å². The highest BCUT2D eigenvalue weighted by atomic mass is 35.5. The molecule has 1 aromatic rings. The molecule has 1 rings (SSSR count). The molecule has 0 aromatic heterocycles. The molecule has 3 nitrogen and oxygen atoms in total. The van der Waals surface area contributed by atoms with Crippen molar-refractivity contribution in [1.82, 2.24) is 0 Å². The molecular formula is C14H25BClNO2. The minimum absolute atomic E-state index is 0.509. The summed E-state index contributed by atoms with van der Waals surface area (Å²) in [7, 11) is 5.40. The van der Waals surface area contributed by atoms with E-state index >= 15 is 0 Å². The second kappa shape index (κ2) is 8.46. The largest absolute Gasteiger partial charge is 0.399 e. The summed E-state index contributed by atoms with van der Waals surface area (Å²) < 4.78 is 0. The molecule has 0 aliphatic rings. The van der Waals surface area contributed by atoms with Crippen LogP contribution < -0.4 is 11.2 Å². The van der Waals surface area contributed by atoms with Crippen molar-refractivity contribution in [2.45, 2.75) is 52.7 Å². The molecule has 0 aliphatic heterocycles. The number of benzene rings is 1. The predicted molar refractivity (Wildman–Crippen MR) is 85.2 cm³/mol. The highest BCUT2D eigenvalue weighted by Crippen LogP contribution is 2.19. The number of rotatable bonds is 1. The molecule has 5 heteroatoms. The molecule has 0 saturated carbocycles. The molecule has 0 bridgehead atoms. The molecule has 108 valence electrons. The Morgan fingerprint density at radius 3 is 1.63 bits per heavy atom. The highest BCUT2D eigenvalue weighted by Gasteiger charge is 2.31. The lowest BCUT2D eigenvalue weighted by atomic mass is 9.90. The SMILES string of the molecule is CC.CC(C)(O)C(C)(C)O.[B]c1ccc(N)cc1Cl.